The molecule has 8 rings (SSSR count). The Hall–Kier alpha value is -2.91. The predicted octanol–water partition coefficient (Wildman–Crippen LogP) is 14.7. The third-order valence-electron chi connectivity index (χ3n) is 18.3. The Bertz CT molecular complexity index is 1970. The zero-order valence-electron chi connectivity index (χ0n) is 60.8. The first-order valence-corrected chi connectivity index (χ1v) is 35.0. The average Bonchev–Trinajstić information content (AvgIpc) is 1.81. The number of morpholine rings is 1. The van der Waals surface area contributed by atoms with Gasteiger partial charge in [0.05, 0.1) is 38.4 Å². The third-order valence-corrected chi connectivity index (χ3v) is 18.3. The molecule has 15 nitrogen and oxygen atoms in total. The molecular formula is C70H134F5N7O8. The summed E-state index contributed by atoms with van der Waals surface area (Å²) in [6.07, 6.45) is 11.5. The molecule has 0 saturated carbocycles. The lowest BCUT2D eigenvalue weighted by atomic mass is 9.88. The number of methoxy groups -OCH3 is 1. The van der Waals surface area contributed by atoms with E-state index in [1.165, 1.54) is 45.1 Å². The van der Waals surface area contributed by atoms with Crippen LogP contribution < -0.4 is 10.6 Å². The van der Waals surface area contributed by atoms with Crippen molar-refractivity contribution < 1.29 is 60.1 Å². The van der Waals surface area contributed by atoms with Crippen LogP contribution in [-0.2, 0) is 33.3 Å². The van der Waals surface area contributed by atoms with Gasteiger partial charge >= 0.3 is 12.3 Å². The lowest BCUT2D eigenvalue weighted by Gasteiger charge is -2.38. The Morgan fingerprint density at radius 1 is 0.600 bits per heavy atom. The molecule has 0 radical (unpaired) electrons. The van der Waals surface area contributed by atoms with Gasteiger partial charge in [0.1, 0.15) is 11.8 Å². The average molecular weight is 1300 g/mol. The molecule has 2 N–H and O–H groups in total. The summed E-state index contributed by atoms with van der Waals surface area (Å²) in [6, 6.07) is 1.90. The summed E-state index contributed by atoms with van der Waals surface area (Å²) in [7, 11) is 1.80. The summed E-state index contributed by atoms with van der Waals surface area (Å²) < 4.78 is 83.1. The number of nitrogens with zero attached hydrogens (tertiary/aromatic N) is 5. The first-order valence-electron chi connectivity index (χ1n) is 35.0. The Morgan fingerprint density at radius 3 is 1.50 bits per heavy atom. The van der Waals surface area contributed by atoms with Crippen LogP contribution in [0.2, 0.25) is 0 Å². The summed E-state index contributed by atoms with van der Waals surface area (Å²) in [6.45, 7) is 49.7. The second-order valence-corrected chi connectivity index (χ2v) is 29.8. The van der Waals surface area contributed by atoms with Crippen LogP contribution in [0.4, 0.5) is 26.7 Å². The number of amides is 4. The highest BCUT2D eigenvalue weighted by molar-refractivity contribution is 5.79. The van der Waals surface area contributed by atoms with Crippen molar-refractivity contribution in [2.24, 2.45) is 47.3 Å². The molecule has 0 spiro atoms. The quantitative estimate of drug-likeness (QED) is 0.202. The number of ether oxygens (including phenoxy) is 4. The number of carbonyl (C=O) groups excluding carboxylic acids is 4. The van der Waals surface area contributed by atoms with E-state index in [1.807, 2.05) is 63.2 Å². The maximum Gasteiger partial charge on any atom is 0.410 e. The van der Waals surface area contributed by atoms with Gasteiger partial charge in [-0.3, -0.25) is 24.2 Å². The SMILES string of the molecule is CC(=O)N1CCCC1C(C)C.CC(=O)N1CCOCC1C(C)C.CC(C)C1CC(F)(F)CN1.CC(C)C1CCCCN1CC(F)(F)F.CC(C)C1CCCN1C(=O)OC(C)(C)C.CC(C)C1CCCNC1=O.CC(C)C1CCCO1.COC1CCCN1C(C)C. The van der Waals surface area contributed by atoms with Gasteiger partial charge in [0, 0.05) is 103 Å². The van der Waals surface area contributed by atoms with Gasteiger partial charge in [-0.15, -0.1) is 0 Å². The molecule has 0 aliphatic carbocycles. The zero-order valence-corrected chi connectivity index (χ0v) is 60.8. The highest BCUT2D eigenvalue weighted by Crippen LogP contribution is 2.31. The maximum atomic E-state index is 12.5. The number of hydrogen-bond donors (Lipinski definition) is 2. The molecular weight excluding hydrogens is 1160 g/mol. The Balaban J connectivity index is 0.000000517. The monoisotopic (exact) mass is 1300 g/mol. The largest absolute Gasteiger partial charge is 0.444 e. The van der Waals surface area contributed by atoms with E-state index >= 15 is 0 Å². The second kappa shape index (κ2) is 42.5. The lowest BCUT2D eigenvalue weighted by Crippen LogP contribution is -2.50. The standard InChI is InChI=1S/C12H23NO2.C10H18F3N.C9H17NO2.C9H17NO.C8H17NO.C8H15NO.C7H13F2N.C7H14O/c1-9(2)10-7-6-8-13(10)11(14)15-12(3,4)5;1-8(2)9-5-3-4-6-14(9)7-10(11,12)13;1-7(2)9-6-12-5-4-10(9)8(3)11;1-7(2)9-5-4-6-10(9)8(3)11;1-7(2)9-6-4-5-8(9)10-3;1-6(2)7-4-3-5-9-8(7)10;1-5(2)6-3-7(8,9)4-10-6;1-6(2)7-4-3-5-8-7/h9-10H,6-8H2,1-5H3;8-9H,3-7H2,1-2H3;7,9H,4-6H2,1-3H3;7,9H,4-6H2,1-3H3;7-8H,4-6H2,1-3H3;6-7H,3-5H2,1-2H3,(H,9,10);5-6,10H,3-4H2,1-2H3;6-7H,3-5H2,1-2H3. The van der Waals surface area contributed by atoms with E-state index in [-0.39, 0.29) is 66.4 Å². The van der Waals surface area contributed by atoms with E-state index in [0.717, 1.165) is 83.6 Å². The number of carbonyl (C=O) groups is 4. The fraction of sp³-hybridized carbons (Fsp3) is 0.943. The van der Waals surface area contributed by atoms with Gasteiger partial charge in [0.15, 0.2) is 0 Å². The molecule has 8 unspecified atom stereocenters. The summed E-state index contributed by atoms with van der Waals surface area (Å²) in [5.74, 6) is 1.92. The molecule has 0 aromatic heterocycles. The molecule has 90 heavy (non-hydrogen) atoms. The Labute approximate surface area is 545 Å². The molecule has 8 saturated heterocycles. The Kier molecular flexibility index (Phi) is 40.2. The highest BCUT2D eigenvalue weighted by Gasteiger charge is 2.41. The number of nitrogens with one attached hydrogen (secondary N) is 2. The van der Waals surface area contributed by atoms with E-state index in [2.05, 4.69) is 98.6 Å². The van der Waals surface area contributed by atoms with Gasteiger partial charge < -0.3 is 44.3 Å². The van der Waals surface area contributed by atoms with Crippen molar-refractivity contribution in [1.29, 1.82) is 0 Å². The minimum absolute atomic E-state index is 0.00463. The molecule has 4 amide bonds. The van der Waals surface area contributed by atoms with Crippen LogP contribution in [0.15, 0.2) is 0 Å². The number of likely N-dealkylation sites (tertiary alicyclic amines) is 4. The fourth-order valence-electron chi connectivity index (χ4n) is 13.1. The number of rotatable bonds is 10. The van der Waals surface area contributed by atoms with Gasteiger partial charge in [0.25, 0.3) is 5.92 Å². The zero-order chi connectivity index (χ0) is 68.9. The highest BCUT2D eigenvalue weighted by atomic mass is 19.4. The molecule has 8 aliphatic heterocycles. The topological polar surface area (TPSA) is 145 Å². The van der Waals surface area contributed by atoms with Gasteiger partial charge in [-0.2, -0.15) is 13.2 Å². The molecule has 0 bridgehead atoms. The first-order chi connectivity index (χ1) is 41.7. The first kappa shape index (κ1) is 85.1. The molecule has 20 heteroatoms. The molecule has 8 fully saturated rings. The van der Waals surface area contributed by atoms with Crippen molar-refractivity contribution >= 4 is 23.8 Å². The van der Waals surface area contributed by atoms with Crippen molar-refractivity contribution in [3.05, 3.63) is 0 Å². The van der Waals surface area contributed by atoms with E-state index in [9.17, 15) is 41.1 Å². The summed E-state index contributed by atoms with van der Waals surface area (Å²) in [5, 5.41) is 5.67. The van der Waals surface area contributed by atoms with Crippen LogP contribution in [0.3, 0.4) is 0 Å². The van der Waals surface area contributed by atoms with Gasteiger partial charge in [0.2, 0.25) is 17.7 Å². The summed E-state index contributed by atoms with van der Waals surface area (Å²) in [5.41, 5.74) is -0.388. The van der Waals surface area contributed by atoms with E-state index in [4.69, 9.17) is 18.9 Å². The van der Waals surface area contributed by atoms with Crippen LogP contribution in [0.1, 0.15) is 235 Å². The van der Waals surface area contributed by atoms with E-state index < -0.39 is 18.6 Å². The van der Waals surface area contributed by atoms with Crippen molar-refractivity contribution in [3.8, 4) is 0 Å². The van der Waals surface area contributed by atoms with Crippen molar-refractivity contribution in [2.45, 2.75) is 302 Å². The smallest absolute Gasteiger partial charge is 0.410 e. The van der Waals surface area contributed by atoms with Gasteiger partial charge in [-0.1, -0.05) is 103 Å². The van der Waals surface area contributed by atoms with Gasteiger partial charge in [-0.25, -0.2) is 13.6 Å². The Morgan fingerprint density at radius 2 is 1.13 bits per heavy atom. The van der Waals surface area contributed by atoms with Crippen LogP contribution in [0, 0.1) is 47.3 Å². The van der Waals surface area contributed by atoms with Gasteiger partial charge in [-0.05, 0) is 160 Å². The van der Waals surface area contributed by atoms with Crippen molar-refractivity contribution in [3.63, 3.8) is 0 Å². The lowest BCUT2D eigenvalue weighted by molar-refractivity contribution is -0.155. The molecule has 8 atom stereocenters. The molecule has 0 aromatic rings. The van der Waals surface area contributed by atoms with E-state index in [1.54, 1.807) is 25.9 Å². The third kappa shape index (κ3) is 33.5. The van der Waals surface area contributed by atoms with Crippen molar-refractivity contribution in [1.82, 2.24) is 35.1 Å². The molecule has 8 aliphatic rings. The minimum atomic E-state index is -4.05. The normalized spacial score (nSPS) is 26.3. The minimum Gasteiger partial charge on any atom is -0.444 e. The molecule has 532 valence electrons. The summed E-state index contributed by atoms with van der Waals surface area (Å²) >= 11 is 0. The van der Waals surface area contributed by atoms with Crippen LogP contribution in [-0.4, -0.2) is 194 Å². The number of alkyl halides is 5. The predicted molar refractivity (Wildman–Crippen MR) is 355 cm³/mol. The summed E-state index contributed by atoms with van der Waals surface area (Å²) in [4.78, 5) is 55.1. The second-order valence-electron chi connectivity index (χ2n) is 29.8. The van der Waals surface area contributed by atoms with Crippen molar-refractivity contribution in [2.75, 3.05) is 79.3 Å². The number of halogens is 5. The molecule has 8 heterocycles. The maximum absolute atomic E-state index is 12.5. The number of hydrogen-bond acceptors (Lipinski definition) is 11. The van der Waals surface area contributed by atoms with Crippen LogP contribution >= 0.6 is 0 Å². The van der Waals surface area contributed by atoms with Crippen LogP contribution in [0.25, 0.3) is 0 Å². The fourth-order valence-corrected chi connectivity index (χ4v) is 13.1. The number of piperidine rings is 2. The molecule has 0 aromatic carbocycles. The van der Waals surface area contributed by atoms with Crippen LogP contribution in [0.5, 0.6) is 0 Å². The van der Waals surface area contributed by atoms with E-state index in [0.29, 0.717) is 85.7 Å².